The van der Waals surface area contributed by atoms with Crippen molar-refractivity contribution < 1.29 is 13.5 Å². The van der Waals surface area contributed by atoms with Crippen LogP contribution in [0.25, 0.3) is 0 Å². The normalized spacial score (nSPS) is 21.2. The third-order valence-corrected chi connectivity index (χ3v) is 6.93. The van der Waals surface area contributed by atoms with Crippen molar-refractivity contribution in [3.05, 3.63) is 10.6 Å². The lowest BCUT2D eigenvalue weighted by Gasteiger charge is -2.29. The van der Waals surface area contributed by atoms with E-state index in [0.29, 0.717) is 31.1 Å². The summed E-state index contributed by atoms with van der Waals surface area (Å²) in [7, 11) is -3.52. The standard InChI is InChI=1S/C13H21N3O3S2/c17-9-10-5-7-16(8-6-10)21(18,19)15-13-14-11-3-1-2-4-12(11)20-13/h10,17H,1-9H2,(H,14,15). The van der Waals surface area contributed by atoms with Crippen molar-refractivity contribution in [3.63, 3.8) is 0 Å². The SMILES string of the molecule is O=S(=O)(Nc1nc2c(s1)CCCC2)N1CCC(CO)CC1. The van der Waals surface area contributed by atoms with E-state index < -0.39 is 10.2 Å². The zero-order valence-electron chi connectivity index (χ0n) is 11.9. The first-order valence-electron chi connectivity index (χ1n) is 7.46. The molecule has 6 nitrogen and oxygen atoms in total. The number of thiazole rings is 1. The molecule has 0 saturated carbocycles. The van der Waals surface area contributed by atoms with E-state index >= 15 is 0 Å². The van der Waals surface area contributed by atoms with Crippen molar-refractivity contribution in [2.45, 2.75) is 38.5 Å². The second kappa shape index (κ2) is 6.20. The van der Waals surface area contributed by atoms with Gasteiger partial charge >= 0.3 is 10.2 Å². The van der Waals surface area contributed by atoms with Crippen LogP contribution in [0.4, 0.5) is 5.13 Å². The lowest BCUT2D eigenvalue weighted by molar-refractivity contribution is 0.170. The number of nitrogens with zero attached hydrogens (tertiary/aromatic N) is 2. The Balaban J connectivity index is 1.67. The largest absolute Gasteiger partial charge is 0.396 e. The maximum absolute atomic E-state index is 12.4. The number of aryl methyl sites for hydroxylation is 2. The van der Waals surface area contributed by atoms with Crippen molar-refractivity contribution >= 4 is 26.7 Å². The minimum Gasteiger partial charge on any atom is -0.396 e. The zero-order valence-corrected chi connectivity index (χ0v) is 13.5. The second-order valence-electron chi connectivity index (χ2n) is 5.73. The minimum absolute atomic E-state index is 0.139. The molecule has 1 saturated heterocycles. The van der Waals surface area contributed by atoms with Gasteiger partial charge in [0.1, 0.15) is 0 Å². The van der Waals surface area contributed by atoms with Gasteiger partial charge in [-0.3, -0.25) is 0 Å². The van der Waals surface area contributed by atoms with E-state index in [1.807, 2.05) is 0 Å². The quantitative estimate of drug-likeness (QED) is 0.873. The Morgan fingerprint density at radius 2 is 2.00 bits per heavy atom. The van der Waals surface area contributed by atoms with Crippen LogP contribution in [0, 0.1) is 5.92 Å². The topological polar surface area (TPSA) is 82.5 Å². The highest BCUT2D eigenvalue weighted by Gasteiger charge is 2.29. The second-order valence-corrected chi connectivity index (χ2v) is 8.48. The fourth-order valence-electron chi connectivity index (χ4n) is 2.90. The first-order valence-corrected chi connectivity index (χ1v) is 9.71. The Kier molecular flexibility index (Phi) is 4.49. The van der Waals surface area contributed by atoms with E-state index in [0.717, 1.165) is 31.4 Å². The van der Waals surface area contributed by atoms with Gasteiger partial charge in [-0.2, -0.15) is 12.7 Å². The molecule has 0 bridgehead atoms. The lowest BCUT2D eigenvalue weighted by atomic mass is 10.00. The summed E-state index contributed by atoms with van der Waals surface area (Å²) in [4.78, 5) is 5.64. The predicted molar refractivity (Wildman–Crippen MR) is 82.7 cm³/mol. The van der Waals surface area contributed by atoms with E-state index in [2.05, 4.69) is 9.71 Å². The Bertz CT molecular complexity index is 568. The molecule has 3 rings (SSSR count). The van der Waals surface area contributed by atoms with Crippen molar-refractivity contribution in [2.24, 2.45) is 5.92 Å². The van der Waals surface area contributed by atoms with Crippen molar-refractivity contribution in [2.75, 3.05) is 24.4 Å². The molecule has 0 radical (unpaired) electrons. The average molecular weight is 331 g/mol. The summed E-state index contributed by atoms with van der Waals surface area (Å²) in [6, 6.07) is 0. The molecule has 8 heteroatoms. The maximum Gasteiger partial charge on any atom is 0.303 e. The molecule has 1 fully saturated rings. The molecule has 0 spiro atoms. The molecule has 2 heterocycles. The van der Waals surface area contributed by atoms with Crippen molar-refractivity contribution in [1.82, 2.24) is 9.29 Å². The molecule has 2 aliphatic rings. The van der Waals surface area contributed by atoms with Crippen LogP contribution in [0.5, 0.6) is 0 Å². The molecule has 118 valence electrons. The number of hydrogen-bond acceptors (Lipinski definition) is 5. The third-order valence-electron chi connectivity index (χ3n) is 4.23. The molecular formula is C13H21N3O3S2. The van der Waals surface area contributed by atoms with Crippen LogP contribution in [0.15, 0.2) is 0 Å². The van der Waals surface area contributed by atoms with Crippen molar-refractivity contribution in [1.29, 1.82) is 0 Å². The summed E-state index contributed by atoms with van der Waals surface area (Å²) in [5, 5.41) is 9.61. The summed E-state index contributed by atoms with van der Waals surface area (Å²) in [5.41, 5.74) is 1.06. The molecule has 0 atom stereocenters. The highest BCUT2D eigenvalue weighted by atomic mass is 32.2. The van der Waals surface area contributed by atoms with Crippen LogP contribution in [0.3, 0.4) is 0 Å². The number of hydrogen-bond donors (Lipinski definition) is 2. The van der Waals surface area contributed by atoms with E-state index in [9.17, 15) is 8.42 Å². The van der Waals surface area contributed by atoms with Gasteiger partial charge in [-0.05, 0) is 44.4 Å². The third kappa shape index (κ3) is 3.39. The number of fused-ring (bicyclic) bond motifs is 1. The predicted octanol–water partition coefficient (Wildman–Crippen LogP) is 1.38. The van der Waals surface area contributed by atoms with Gasteiger partial charge in [-0.25, -0.2) is 9.71 Å². The van der Waals surface area contributed by atoms with Crippen LogP contribution in [-0.2, 0) is 23.1 Å². The van der Waals surface area contributed by atoms with E-state index in [-0.39, 0.29) is 12.5 Å². The highest BCUT2D eigenvalue weighted by Crippen LogP contribution is 2.30. The van der Waals surface area contributed by atoms with Gasteiger partial charge in [-0.15, -0.1) is 11.3 Å². The monoisotopic (exact) mass is 331 g/mol. The number of aliphatic hydroxyl groups is 1. The molecule has 1 aliphatic carbocycles. The van der Waals surface area contributed by atoms with Gasteiger partial charge in [-0.1, -0.05) is 0 Å². The molecule has 1 aromatic rings. The number of anilines is 1. The summed E-state index contributed by atoms with van der Waals surface area (Å²) in [6.07, 6.45) is 5.69. The van der Waals surface area contributed by atoms with Crippen LogP contribution in [0.2, 0.25) is 0 Å². The van der Waals surface area contributed by atoms with Gasteiger partial charge in [0.05, 0.1) is 5.69 Å². The summed E-state index contributed by atoms with van der Waals surface area (Å²) >= 11 is 1.46. The average Bonchev–Trinajstić information content (AvgIpc) is 2.88. The fourth-order valence-corrected chi connectivity index (χ4v) is 5.37. The highest BCUT2D eigenvalue weighted by molar-refractivity contribution is 7.90. The lowest BCUT2D eigenvalue weighted by Crippen LogP contribution is -2.42. The number of rotatable bonds is 4. The van der Waals surface area contributed by atoms with Crippen LogP contribution in [0.1, 0.15) is 36.3 Å². The van der Waals surface area contributed by atoms with Gasteiger partial charge in [0.15, 0.2) is 5.13 Å². The first-order chi connectivity index (χ1) is 10.1. The Morgan fingerprint density at radius 1 is 1.29 bits per heavy atom. The maximum atomic E-state index is 12.4. The number of aliphatic hydroxyl groups excluding tert-OH is 1. The Morgan fingerprint density at radius 3 is 2.67 bits per heavy atom. The van der Waals surface area contributed by atoms with Crippen LogP contribution >= 0.6 is 11.3 Å². The van der Waals surface area contributed by atoms with E-state index in [4.69, 9.17) is 5.11 Å². The molecule has 2 N–H and O–H groups in total. The van der Waals surface area contributed by atoms with Gasteiger partial charge < -0.3 is 5.11 Å². The van der Waals surface area contributed by atoms with E-state index in [1.54, 1.807) is 0 Å². The number of aromatic nitrogens is 1. The smallest absolute Gasteiger partial charge is 0.303 e. The number of piperidine rings is 1. The van der Waals surface area contributed by atoms with Crippen molar-refractivity contribution in [3.8, 4) is 0 Å². The molecular weight excluding hydrogens is 310 g/mol. The van der Waals surface area contributed by atoms with E-state index in [1.165, 1.54) is 20.5 Å². The molecule has 0 aromatic carbocycles. The van der Waals surface area contributed by atoms with Gasteiger partial charge in [0, 0.05) is 24.6 Å². The Labute approximate surface area is 129 Å². The minimum atomic E-state index is -3.52. The zero-order chi connectivity index (χ0) is 14.9. The summed E-state index contributed by atoms with van der Waals surface area (Å²) in [5.74, 6) is 0.226. The molecule has 21 heavy (non-hydrogen) atoms. The summed E-state index contributed by atoms with van der Waals surface area (Å²) < 4.78 is 28.8. The summed E-state index contributed by atoms with van der Waals surface area (Å²) in [6.45, 7) is 1.07. The molecule has 1 aliphatic heterocycles. The Hall–Kier alpha value is -0.700. The van der Waals surface area contributed by atoms with Crippen LogP contribution < -0.4 is 4.72 Å². The van der Waals surface area contributed by atoms with Gasteiger partial charge in [0.25, 0.3) is 0 Å². The molecule has 0 amide bonds. The van der Waals surface area contributed by atoms with Crippen LogP contribution in [-0.4, -0.2) is 42.5 Å². The number of nitrogens with one attached hydrogen (secondary N) is 1. The van der Waals surface area contributed by atoms with Gasteiger partial charge in [0.2, 0.25) is 0 Å². The molecule has 1 aromatic heterocycles. The molecule has 0 unspecified atom stereocenters. The first kappa shape index (κ1) is 15.2. The fraction of sp³-hybridized carbons (Fsp3) is 0.769.